The molecule has 0 aromatic carbocycles. The van der Waals surface area contributed by atoms with Crippen LogP contribution in [0, 0.1) is 0 Å². The molecule has 3 heteroatoms. The zero-order chi connectivity index (χ0) is 12.1. The summed E-state index contributed by atoms with van der Waals surface area (Å²) in [5.74, 6) is 0.554. The van der Waals surface area contributed by atoms with Gasteiger partial charge in [0.1, 0.15) is 0 Å². The topological polar surface area (TPSA) is 26.3 Å². The Hall–Kier alpha value is -0.440. The van der Waals surface area contributed by atoms with Gasteiger partial charge in [-0.25, -0.2) is 4.79 Å². The van der Waals surface area contributed by atoms with Gasteiger partial charge >= 0.3 is 5.97 Å². The molecule has 0 spiro atoms. The molecule has 0 aliphatic heterocycles. The van der Waals surface area contributed by atoms with Crippen LogP contribution in [-0.4, -0.2) is 11.7 Å². The van der Waals surface area contributed by atoms with Crippen LogP contribution in [0.4, 0.5) is 0 Å². The number of unbranched alkanes of at least 4 members (excludes halogenated alkanes) is 7. The molecule has 16 heavy (non-hydrogen) atoms. The molecule has 0 saturated carbocycles. The van der Waals surface area contributed by atoms with Crippen molar-refractivity contribution in [3.63, 3.8) is 0 Å². The average molecular weight is 244 g/mol. The van der Waals surface area contributed by atoms with Crippen LogP contribution in [0.1, 0.15) is 58.3 Å². The fourth-order valence-electron chi connectivity index (χ4n) is 1.43. The van der Waals surface area contributed by atoms with Crippen molar-refractivity contribution in [1.82, 2.24) is 0 Å². The normalized spacial score (nSPS) is 10.1. The second-order valence-corrected chi connectivity index (χ2v) is 4.71. The van der Waals surface area contributed by atoms with Crippen LogP contribution >= 0.6 is 12.0 Å². The SMILES string of the molecule is C=CC(=O)OSCCCCCCCCCC. The maximum atomic E-state index is 10.7. The third-order valence-corrected chi connectivity index (χ3v) is 3.13. The van der Waals surface area contributed by atoms with Crippen molar-refractivity contribution in [3.05, 3.63) is 12.7 Å². The molecule has 0 aliphatic carbocycles. The van der Waals surface area contributed by atoms with E-state index in [4.69, 9.17) is 4.18 Å². The van der Waals surface area contributed by atoms with E-state index < -0.39 is 0 Å². The minimum Gasteiger partial charge on any atom is -0.388 e. The van der Waals surface area contributed by atoms with Crippen molar-refractivity contribution in [2.75, 3.05) is 5.75 Å². The summed E-state index contributed by atoms with van der Waals surface area (Å²) in [5.41, 5.74) is 0. The van der Waals surface area contributed by atoms with Crippen LogP contribution < -0.4 is 0 Å². The molecule has 0 amide bonds. The van der Waals surface area contributed by atoms with Crippen LogP contribution in [0.3, 0.4) is 0 Å². The number of hydrogen-bond donors (Lipinski definition) is 0. The van der Waals surface area contributed by atoms with Crippen LogP contribution in [0.15, 0.2) is 12.7 Å². The Kier molecular flexibility index (Phi) is 12.3. The first-order valence-corrected chi connectivity index (χ1v) is 7.18. The van der Waals surface area contributed by atoms with Gasteiger partial charge in [-0.2, -0.15) is 0 Å². The predicted molar refractivity (Wildman–Crippen MR) is 71.4 cm³/mol. The van der Waals surface area contributed by atoms with Gasteiger partial charge in [-0.05, 0) is 6.42 Å². The monoisotopic (exact) mass is 244 g/mol. The third-order valence-electron chi connectivity index (χ3n) is 2.39. The van der Waals surface area contributed by atoms with Crippen molar-refractivity contribution >= 4 is 18.0 Å². The summed E-state index contributed by atoms with van der Waals surface area (Å²) in [5, 5.41) is 0. The van der Waals surface area contributed by atoms with Gasteiger partial charge in [-0.3, -0.25) is 0 Å². The van der Waals surface area contributed by atoms with E-state index >= 15 is 0 Å². The Morgan fingerprint density at radius 3 is 2.25 bits per heavy atom. The lowest BCUT2D eigenvalue weighted by molar-refractivity contribution is -0.127. The largest absolute Gasteiger partial charge is 0.388 e. The molecule has 0 bridgehead atoms. The van der Waals surface area contributed by atoms with Gasteiger partial charge in [-0.1, -0.05) is 58.4 Å². The highest BCUT2D eigenvalue weighted by Gasteiger charge is 1.96. The van der Waals surface area contributed by atoms with E-state index in [1.54, 1.807) is 0 Å². The van der Waals surface area contributed by atoms with Gasteiger partial charge in [0.05, 0.1) is 12.0 Å². The molecule has 2 nitrogen and oxygen atoms in total. The molecule has 0 radical (unpaired) electrons. The summed E-state index contributed by atoms with van der Waals surface area (Å²) in [7, 11) is 0. The minimum absolute atomic E-state index is 0.343. The summed E-state index contributed by atoms with van der Waals surface area (Å²) < 4.78 is 4.81. The first-order valence-electron chi connectivity index (χ1n) is 6.27. The lowest BCUT2D eigenvalue weighted by Gasteiger charge is -2.01. The summed E-state index contributed by atoms with van der Waals surface area (Å²) in [6.45, 7) is 5.57. The Morgan fingerprint density at radius 1 is 1.12 bits per heavy atom. The average Bonchev–Trinajstić information content (AvgIpc) is 2.31. The molecule has 0 fully saturated rings. The van der Waals surface area contributed by atoms with E-state index in [2.05, 4.69) is 13.5 Å². The van der Waals surface area contributed by atoms with Crippen molar-refractivity contribution < 1.29 is 8.98 Å². The zero-order valence-corrected chi connectivity index (χ0v) is 11.2. The van der Waals surface area contributed by atoms with Crippen molar-refractivity contribution in [2.24, 2.45) is 0 Å². The predicted octanol–water partition coefficient (Wildman–Crippen LogP) is 4.50. The van der Waals surface area contributed by atoms with E-state index in [-0.39, 0.29) is 5.97 Å². The first-order chi connectivity index (χ1) is 7.81. The highest BCUT2D eigenvalue weighted by atomic mass is 32.2. The van der Waals surface area contributed by atoms with Gasteiger partial charge < -0.3 is 4.18 Å². The molecule has 0 N–H and O–H groups in total. The zero-order valence-electron chi connectivity index (χ0n) is 10.4. The third kappa shape index (κ3) is 11.6. The number of rotatable bonds is 11. The standard InChI is InChI=1S/C13H24O2S/c1-3-5-6-7-8-9-10-11-12-16-15-13(14)4-2/h4H,2-3,5-12H2,1H3. The van der Waals surface area contributed by atoms with Gasteiger partial charge in [0.2, 0.25) is 0 Å². The fourth-order valence-corrected chi connectivity index (χ4v) is 2.02. The first kappa shape index (κ1) is 15.6. The summed E-state index contributed by atoms with van der Waals surface area (Å²) >= 11 is 1.24. The molecule has 0 aromatic heterocycles. The summed E-state index contributed by atoms with van der Waals surface area (Å²) in [4.78, 5) is 10.7. The minimum atomic E-state index is -0.343. The lowest BCUT2D eigenvalue weighted by atomic mass is 10.1. The quantitative estimate of drug-likeness (QED) is 0.304. The molecule has 0 aromatic rings. The van der Waals surface area contributed by atoms with Crippen LogP contribution in [0.5, 0.6) is 0 Å². The van der Waals surface area contributed by atoms with E-state index in [1.807, 2.05) is 0 Å². The Labute approximate surface area is 104 Å². The van der Waals surface area contributed by atoms with E-state index in [0.717, 1.165) is 12.2 Å². The lowest BCUT2D eigenvalue weighted by Crippen LogP contribution is -1.93. The molecule has 0 unspecified atom stereocenters. The molecular formula is C13H24O2S. The van der Waals surface area contributed by atoms with Crippen LogP contribution in [-0.2, 0) is 8.98 Å². The molecule has 0 aliphatic rings. The van der Waals surface area contributed by atoms with Crippen molar-refractivity contribution in [2.45, 2.75) is 58.3 Å². The van der Waals surface area contributed by atoms with E-state index in [9.17, 15) is 4.79 Å². The molecule has 94 valence electrons. The second kappa shape index (κ2) is 12.6. The number of hydrogen-bond acceptors (Lipinski definition) is 3. The maximum Gasteiger partial charge on any atom is 0.342 e. The van der Waals surface area contributed by atoms with Crippen molar-refractivity contribution in [3.8, 4) is 0 Å². The molecule has 0 rings (SSSR count). The molecular weight excluding hydrogens is 220 g/mol. The Bertz CT molecular complexity index is 181. The smallest absolute Gasteiger partial charge is 0.342 e. The highest BCUT2D eigenvalue weighted by molar-refractivity contribution is 7.95. The Balaban J connectivity index is 2.98. The second-order valence-electron chi connectivity index (χ2n) is 3.90. The Morgan fingerprint density at radius 2 is 1.69 bits per heavy atom. The van der Waals surface area contributed by atoms with Gasteiger partial charge in [0.15, 0.2) is 0 Å². The fraction of sp³-hybridized carbons (Fsp3) is 0.769. The molecule has 0 heterocycles. The summed E-state index contributed by atoms with van der Waals surface area (Å²) in [6, 6.07) is 0. The number of carbonyl (C=O) groups is 1. The molecule has 0 atom stereocenters. The highest BCUT2D eigenvalue weighted by Crippen LogP contribution is 2.11. The number of carbonyl (C=O) groups excluding carboxylic acids is 1. The van der Waals surface area contributed by atoms with Gasteiger partial charge in [-0.15, -0.1) is 0 Å². The summed E-state index contributed by atoms with van der Waals surface area (Å²) in [6.07, 6.45) is 11.6. The molecule has 0 saturated heterocycles. The van der Waals surface area contributed by atoms with Gasteiger partial charge in [0.25, 0.3) is 0 Å². The van der Waals surface area contributed by atoms with Crippen LogP contribution in [0.25, 0.3) is 0 Å². The van der Waals surface area contributed by atoms with E-state index in [1.165, 1.54) is 63.1 Å². The van der Waals surface area contributed by atoms with Gasteiger partial charge in [0, 0.05) is 11.8 Å². The van der Waals surface area contributed by atoms with E-state index in [0.29, 0.717) is 0 Å². The van der Waals surface area contributed by atoms with Crippen molar-refractivity contribution in [1.29, 1.82) is 0 Å². The maximum absolute atomic E-state index is 10.7. The van der Waals surface area contributed by atoms with Crippen LogP contribution in [0.2, 0.25) is 0 Å².